The van der Waals surface area contributed by atoms with E-state index in [4.69, 9.17) is 9.84 Å². The number of ether oxygens (including phenoxy) is 1. The standard InChI is InChI=1S/C9H16O3/c1-2-6-12-7-9(8(10)11)4-3-5-9/h2-7H2,1H3,(H,10,11). The number of hydrogen-bond acceptors (Lipinski definition) is 2. The minimum atomic E-state index is -0.690. The molecule has 1 saturated carbocycles. The average Bonchev–Trinajstić information content (AvgIpc) is 1.94. The first-order chi connectivity index (χ1) is 5.71. The number of carboxylic acid groups (broad SMARTS) is 1. The Hall–Kier alpha value is -0.570. The summed E-state index contributed by atoms with van der Waals surface area (Å²) in [4.78, 5) is 10.8. The predicted molar refractivity (Wildman–Crippen MR) is 45.0 cm³/mol. The van der Waals surface area contributed by atoms with Gasteiger partial charge in [0.1, 0.15) is 0 Å². The van der Waals surface area contributed by atoms with E-state index < -0.39 is 11.4 Å². The van der Waals surface area contributed by atoms with E-state index in [1.165, 1.54) is 0 Å². The van der Waals surface area contributed by atoms with Gasteiger partial charge < -0.3 is 9.84 Å². The molecular formula is C9H16O3. The minimum Gasteiger partial charge on any atom is -0.481 e. The molecular weight excluding hydrogens is 156 g/mol. The molecule has 0 aliphatic heterocycles. The van der Waals surface area contributed by atoms with Crippen LogP contribution in [0.15, 0.2) is 0 Å². The topological polar surface area (TPSA) is 46.5 Å². The molecule has 0 spiro atoms. The van der Waals surface area contributed by atoms with Crippen LogP contribution in [0.25, 0.3) is 0 Å². The highest BCUT2D eigenvalue weighted by Gasteiger charge is 2.44. The van der Waals surface area contributed by atoms with E-state index in [0.29, 0.717) is 13.2 Å². The smallest absolute Gasteiger partial charge is 0.311 e. The lowest BCUT2D eigenvalue weighted by Gasteiger charge is -2.37. The number of aliphatic carboxylic acids is 1. The fraction of sp³-hybridized carbons (Fsp3) is 0.889. The molecule has 0 unspecified atom stereocenters. The summed E-state index contributed by atoms with van der Waals surface area (Å²) in [5.41, 5.74) is -0.533. The lowest BCUT2D eigenvalue weighted by atomic mass is 9.69. The summed E-state index contributed by atoms with van der Waals surface area (Å²) in [5, 5.41) is 8.90. The zero-order chi connectivity index (χ0) is 9.03. The molecule has 0 saturated heterocycles. The normalized spacial score (nSPS) is 20.1. The molecule has 1 fully saturated rings. The van der Waals surface area contributed by atoms with Crippen molar-refractivity contribution in [2.24, 2.45) is 5.41 Å². The quantitative estimate of drug-likeness (QED) is 0.641. The molecule has 0 amide bonds. The largest absolute Gasteiger partial charge is 0.481 e. The Bertz CT molecular complexity index is 161. The third-order valence-corrected chi connectivity index (χ3v) is 2.49. The first-order valence-corrected chi connectivity index (χ1v) is 4.52. The maximum Gasteiger partial charge on any atom is 0.311 e. The van der Waals surface area contributed by atoms with Gasteiger partial charge in [-0.3, -0.25) is 4.79 Å². The van der Waals surface area contributed by atoms with Crippen LogP contribution in [0.4, 0.5) is 0 Å². The van der Waals surface area contributed by atoms with E-state index in [-0.39, 0.29) is 0 Å². The SMILES string of the molecule is CCCOCC1(C(=O)O)CCC1. The molecule has 3 heteroatoms. The van der Waals surface area contributed by atoms with Crippen LogP contribution in [0, 0.1) is 5.41 Å². The minimum absolute atomic E-state index is 0.399. The molecule has 0 bridgehead atoms. The fourth-order valence-corrected chi connectivity index (χ4v) is 1.44. The van der Waals surface area contributed by atoms with Gasteiger partial charge in [-0.05, 0) is 19.3 Å². The second-order valence-corrected chi connectivity index (χ2v) is 3.49. The Morgan fingerprint density at radius 3 is 2.58 bits per heavy atom. The fourth-order valence-electron chi connectivity index (χ4n) is 1.44. The monoisotopic (exact) mass is 172 g/mol. The van der Waals surface area contributed by atoms with Crippen molar-refractivity contribution >= 4 is 5.97 Å². The first kappa shape index (κ1) is 9.52. The molecule has 0 aromatic heterocycles. The summed E-state index contributed by atoms with van der Waals surface area (Å²) in [6, 6.07) is 0. The molecule has 1 aliphatic rings. The maximum atomic E-state index is 10.8. The summed E-state index contributed by atoms with van der Waals surface area (Å²) in [7, 11) is 0. The Morgan fingerprint density at radius 1 is 1.58 bits per heavy atom. The van der Waals surface area contributed by atoms with Gasteiger partial charge in [-0.1, -0.05) is 13.3 Å². The van der Waals surface area contributed by atoms with Crippen molar-refractivity contribution in [3.63, 3.8) is 0 Å². The van der Waals surface area contributed by atoms with Gasteiger partial charge in [0.05, 0.1) is 12.0 Å². The molecule has 70 valence electrons. The zero-order valence-corrected chi connectivity index (χ0v) is 7.51. The summed E-state index contributed by atoms with van der Waals surface area (Å²) >= 11 is 0. The van der Waals surface area contributed by atoms with Crippen molar-refractivity contribution < 1.29 is 14.6 Å². The van der Waals surface area contributed by atoms with E-state index in [2.05, 4.69) is 0 Å². The van der Waals surface area contributed by atoms with Crippen molar-refractivity contribution in [2.45, 2.75) is 32.6 Å². The molecule has 0 atom stereocenters. The van der Waals surface area contributed by atoms with Crippen molar-refractivity contribution in [3.05, 3.63) is 0 Å². The summed E-state index contributed by atoms with van der Waals surface area (Å²) in [5.74, 6) is -0.690. The molecule has 1 aliphatic carbocycles. The highest BCUT2D eigenvalue weighted by atomic mass is 16.5. The van der Waals surface area contributed by atoms with Crippen LogP contribution in [-0.4, -0.2) is 24.3 Å². The number of rotatable bonds is 5. The number of carbonyl (C=O) groups is 1. The van der Waals surface area contributed by atoms with E-state index in [9.17, 15) is 4.79 Å². The number of carboxylic acids is 1. The molecule has 12 heavy (non-hydrogen) atoms. The van der Waals surface area contributed by atoms with E-state index in [1.54, 1.807) is 0 Å². The van der Waals surface area contributed by atoms with Gasteiger partial charge in [-0.2, -0.15) is 0 Å². The van der Waals surface area contributed by atoms with Gasteiger partial charge in [-0.15, -0.1) is 0 Å². The summed E-state index contributed by atoms with van der Waals surface area (Å²) < 4.78 is 5.27. The molecule has 1 rings (SSSR count). The van der Waals surface area contributed by atoms with Gasteiger partial charge in [0.25, 0.3) is 0 Å². The van der Waals surface area contributed by atoms with Gasteiger partial charge in [0.2, 0.25) is 0 Å². The van der Waals surface area contributed by atoms with E-state index >= 15 is 0 Å². The van der Waals surface area contributed by atoms with Gasteiger partial charge in [-0.25, -0.2) is 0 Å². The molecule has 0 heterocycles. The van der Waals surface area contributed by atoms with Crippen molar-refractivity contribution in [1.29, 1.82) is 0 Å². The lowest BCUT2D eigenvalue weighted by molar-refractivity contribution is -0.160. The molecule has 0 aromatic carbocycles. The zero-order valence-electron chi connectivity index (χ0n) is 7.51. The van der Waals surface area contributed by atoms with Gasteiger partial charge in [0, 0.05) is 6.61 Å². The number of hydrogen-bond donors (Lipinski definition) is 1. The van der Waals surface area contributed by atoms with Crippen LogP contribution in [0.2, 0.25) is 0 Å². The summed E-state index contributed by atoms with van der Waals surface area (Å²) in [6.07, 6.45) is 3.55. The van der Waals surface area contributed by atoms with E-state index in [0.717, 1.165) is 25.7 Å². The molecule has 0 radical (unpaired) electrons. The summed E-state index contributed by atoms with van der Waals surface area (Å²) in [6.45, 7) is 3.10. The van der Waals surface area contributed by atoms with Crippen molar-refractivity contribution in [1.82, 2.24) is 0 Å². The van der Waals surface area contributed by atoms with Gasteiger partial charge >= 0.3 is 5.97 Å². The second kappa shape index (κ2) is 3.90. The van der Waals surface area contributed by atoms with Crippen molar-refractivity contribution in [2.75, 3.05) is 13.2 Å². The third-order valence-electron chi connectivity index (χ3n) is 2.49. The van der Waals surface area contributed by atoms with Crippen LogP contribution in [-0.2, 0) is 9.53 Å². The van der Waals surface area contributed by atoms with Crippen LogP contribution in [0.1, 0.15) is 32.6 Å². The van der Waals surface area contributed by atoms with Crippen LogP contribution in [0.3, 0.4) is 0 Å². The first-order valence-electron chi connectivity index (χ1n) is 4.52. The highest BCUT2D eigenvalue weighted by Crippen LogP contribution is 2.41. The maximum absolute atomic E-state index is 10.8. The Labute approximate surface area is 72.7 Å². The van der Waals surface area contributed by atoms with Crippen LogP contribution < -0.4 is 0 Å². The molecule has 3 nitrogen and oxygen atoms in total. The average molecular weight is 172 g/mol. The van der Waals surface area contributed by atoms with Crippen LogP contribution in [0.5, 0.6) is 0 Å². The Morgan fingerprint density at radius 2 is 2.25 bits per heavy atom. The molecule has 0 aromatic rings. The second-order valence-electron chi connectivity index (χ2n) is 3.49. The highest BCUT2D eigenvalue weighted by molar-refractivity contribution is 5.75. The Balaban J connectivity index is 2.30. The van der Waals surface area contributed by atoms with E-state index in [1.807, 2.05) is 6.92 Å². The van der Waals surface area contributed by atoms with Crippen molar-refractivity contribution in [3.8, 4) is 0 Å². The lowest BCUT2D eigenvalue weighted by Crippen LogP contribution is -2.42. The molecule has 1 N–H and O–H groups in total. The Kier molecular flexibility index (Phi) is 3.09. The van der Waals surface area contributed by atoms with Crippen LogP contribution >= 0.6 is 0 Å². The third kappa shape index (κ3) is 1.78. The predicted octanol–water partition coefficient (Wildman–Crippen LogP) is 1.67. The van der Waals surface area contributed by atoms with Gasteiger partial charge in [0.15, 0.2) is 0 Å².